The quantitative estimate of drug-likeness (QED) is 0.679. The summed E-state index contributed by atoms with van der Waals surface area (Å²) >= 11 is 0. The number of carbonyl (C=O) groups is 2. The molecule has 2 aromatic carbocycles. The molecular weight excluding hydrogens is 284 g/mol. The molecule has 5 nitrogen and oxygen atoms in total. The lowest BCUT2D eigenvalue weighted by Crippen LogP contribution is -2.24. The number of Topliss-reactive ketones (excluding diaryl/α,β-unsaturated/α-hetero) is 1. The fourth-order valence-corrected chi connectivity index (χ4v) is 1.91. The number of ether oxygens (including phenoxy) is 2. The number of methoxy groups -OCH3 is 1. The van der Waals surface area contributed by atoms with Crippen LogP contribution < -0.4 is 4.74 Å². The van der Waals surface area contributed by atoms with E-state index in [0.717, 1.165) is 0 Å². The molecule has 5 heteroatoms. The van der Waals surface area contributed by atoms with Gasteiger partial charge in [0.25, 0.3) is 0 Å². The number of hydrogen-bond acceptors (Lipinski definition) is 5. The first-order valence-corrected chi connectivity index (χ1v) is 6.70. The molecule has 22 heavy (non-hydrogen) atoms. The fraction of sp³-hybridized carbons (Fsp3) is 0.176. The number of aromatic hydroxyl groups is 1. The Morgan fingerprint density at radius 3 is 2.27 bits per heavy atom. The maximum atomic E-state index is 12.2. The minimum absolute atomic E-state index is 0.0249. The van der Waals surface area contributed by atoms with E-state index < -0.39 is 12.1 Å². The SMILES string of the molecule is COc1ccc(C(=O)[C@H](C)OC(=O)c2ccccc2O)cc1. The van der Waals surface area contributed by atoms with E-state index in [-0.39, 0.29) is 17.1 Å². The van der Waals surface area contributed by atoms with Gasteiger partial charge in [-0.15, -0.1) is 0 Å². The molecule has 0 unspecified atom stereocenters. The Morgan fingerprint density at radius 1 is 1.05 bits per heavy atom. The molecule has 0 fully saturated rings. The van der Waals surface area contributed by atoms with Crippen LogP contribution in [0.3, 0.4) is 0 Å². The Hall–Kier alpha value is -2.82. The summed E-state index contributed by atoms with van der Waals surface area (Å²) in [5.74, 6) is -0.620. The summed E-state index contributed by atoms with van der Waals surface area (Å²) in [6.07, 6.45) is -0.958. The van der Waals surface area contributed by atoms with E-state index in [4.69, 9.17) is 9.47 Å². The lowest BCUT2D eigenvalue weighted by Gasteiger charge is -2.13. The van der Waals surface area contributed by atoms with Crippen molar-refractivity contribution in [1.82, 2.24) is 0 Å². The Bertz CT molecular complexity index is 676. The maximum absolute atomic E-state index is 12.2. The maximum Gasteiger partial charge on any atom is 0.342 e. The number of para-hydroxylation sites is 1. The third-order valence-electron chi connectivity index (χ3n) is 3.15. The average Bonchev–Trinajstić information content (AvgIpc) is 2.54. The molecule has 1 atom stereocenters. The van der Waals surface area contributed by atoms with Gasteiger partial charge < -0.3 is 14.6 Å². The van der Waals surface area contributed by atoms with Gasteiger partial charge in [-0.3, -0.25) is 4.79 Å². The zero-order valence-electron chi connectivity index (χ0n) is 12.3. The van der Waals surface area contributed by atoms with Gasteiger partial charge in [0.15, 0.2) is 6.10 Å². The summed E-state index contributed by atoms with van der Waals surface area (Å²) in [5, 5.41) is 9.61. The molecule has 0 saturated heterocycles. The number of phenols is 1. The molecule has 0 aliphatic rings. The van der Waals surface area contributed by atoms with E-state index in [2.05, 4.69) is 0 Å². The van der Waals surface area contributed by atoms with Gasteiger partial charge >= 0.3 is 5.97 Å². The highest BCUT2D eigenvalue weighted by Crippen LogP contribution is 2.19. The largest absolute Gasteiger partial charge is 0.507 e. The van der Waals surface area contributed by atoms with Crippen LogP contribution in [0, 0.1) is 0 Å². The number of esters is 1. The number of phenolic OH excluding ortho intramolecular Hbond substituents is 1. The molecule has 0 aliphatic carbocycles. The summed E-state index contributed by atoms with van der Waals surface area (Å²) in [5.41, 5.74) is 0.440. The van der Waals surface area contributed by atoms with Crippen molar-refractivity contribution >= 4 is 11.8 Å². The van der Waals surface area contributed by atoms with Crippen LogP contribution in [0.1, 0.15) is 27.6 Å². The predicted octanol–water partition coefficient (Wildman–Crippen LogP) is 2.83. The minimum Gasteiger partial charge on any atom is -0.507 e. The van der Waals surface area contributed by atoms with Gasteiger partial charge in [-0.25, -0.2) is 4.79 Å². The molecule has 0 spiro atoms. The smallest absolute Gasteiger partial charge is 0.342 e. The van der Waals surface area contributed by atoms with Crippen LogP contribution in [0.5, 0.6) is 11.5 Å². The van der Waals surface area contributed by atoms with Crippen molar-refractivity contribution in [3.05, 3.63) is 59.7 Å². The molecule has 0 bridgehead atoms. The molecule has 0 aromatic heterocycles. The second kappa shape index (κ2) is 6.76. The molecule has 0 amide bonds. The average molecular weight is 300 g/mol. The van der Waals surface area contributed by atoms with Gasteiger partial charge in [0.05, 0.1) is 7.11 Å². The molecule has 114 valence electrons. The highest BCUT2D eigenvalue weighted by molar-refractivity contribution is 6.01. The van der Waals surface area contributed by atoms with Crippen LogP contribution in [0.2, 0.25) is 0 Å². The van der Waals surface area contributed by atoms with E-state index in [1.165, 1.54) is 26.2 Å². The Balaban J connectivity index is 2.07. The van der Waals surface area contributed by atoms with Crippen molar-refractivity contribution in [2.45, 2.75) is 13.0 Å². The number of benzene rings is 2. The summed E-state index contributed by atoms with van der Waals surface area (Å²) in [6.45, 7) is 1.49. The number of ketones is 1. The number of rotatable bonds is 5. The molecule has 0 saturated carbocycles. The van der Waals surface area contributed by atoms with Gasteiger partial charge in [-0.1, -0.05) is 12.1 Å². The van der Waals surface area contributed by atoms with Crippen LogP contribution in [0.4, 0.5) is 0 Å². The van der Waals surface area contributed by atoms with Crippen LogP contribution in [-0.4, -0.2) is 30.1 Å². The van der Waals surface area contributed by atoms with Crippen molar-refractivity contribution in [3.63, 3.8) is 0 Å². The number of hydrogen-bond donors (Lipinski definition) is 1. The highest BCUT2D eigenvalue weighted by Gasteiger charge is 2.21. The lowest BCUT2D eigenvalue weighted by atomic mass is 10.1. The van der Waals surface area contributed by atoms with E-state index in [0.29, 0.717) is 11.3 Å². The summed E-state index contributed by atoms with van der Waals surface area (Å²) in [7, 11) is 1.54. The summed E-state index contributed by atoms with van der Waals surface area (Å²) in [6, 6.07) is 12.5. The molecule has 2 rings (SSSR count). The molecule has 2 aromatic rings. The van der Waals surface area contributed by atoms with Gasteiger partial charge in [0.1, 0.15) is 17.1 Å². The monoisotopic (exact) mass is 300 g/mol. The van der Waals surface area contributed by atoms with Crippen LogP contribution in [-0.2, 0) is 4.74 Å². The standard InChI is InChI=1S/C17H16O5/c1-11(16(19)12-7-9-13(21-2)10-8-12)22-17(20)14-5-3-4-6-15(14)18/h3-11,18H,1-2H3/t11-/m0/s1. The topological polar surface area (TPSA) is 72.8 Å². The zero-order chi connectivity index (χ0) is 16.1. The highest BCUT2D eigenvalue weighted by atomic mass is 16.5. The predicted molar refractivity (Wildman–Crippen MR) is 80.3 cm³/mol. The molecule has 0 heterocycles. The Kier molecular flexibility index (Phi) is 4.78. The third kappa shape index (κ3) is 3.44. The van der Waals surface area contributed by atoms with Crippen molar-refractivity contribution < 1.29 is 24.2 Å². The van der Waals surface area contributed by atoms with E-state index in [1.54, 1.807) is 36.4 Å². The molecular formula is C17H16O5. The Labute approximate surface area is 128 Å². The van der Waals surface area contributed by atoms with E-state index >= 15 is 0 Å². The Morgan fingerprint density at radius 2 is 1.68 bits per heavy atom. The van der Waals surface area contributed by atoms with Crippen molar-refractivity contribution in [2.75, 3.05) is 7.11 Å². The van der Waals surface area contributed by atoms with E-state index in [1.807, 2.05) is 0 Å². The van der Waals surface area contributed by atoms with Gasteiger partial charge in [-0.2, -0.15) is 0 Å². The van der Waals surface area contributed by atoms with Crippen LogP contribution in [0.25, 0.3) is 0 Å². The van der Waals surface area contributed by atoms with Crippen LogP contribution >= 0.6 is 0 Å². The molecule has 1 N–H and O–H groups in total. The first-order chi connectivity index (χ1) is 10.5. The van der Waals surface area contributed by atoms with E-state index in [9.17, 15) is 14.7 Å². The van der Waals surface area contributed by atoms with Gasteiger partial charge in [0.2, 0.25) is 5.78 Å². The normalized spacial score (nSPS) is 11.5. The molecule has 0 radical (unpaired) electrons. The lowest BCUT2D eigenvalue weighted by molar-refractivity contribution is 0.0316. The summed E-state index contributed by atoms with van der Waals surface area (Å²) < 4.78 is 10.1. The second-order valence-corrected chi connectivity index (χ2v) is 4.66. The van der Waals surface area contributed by atoms with Crippen LogP contribution in [0.15, 0.2) is 48.5 Å². The summed E-state index contributed by atoms with van der Waals surface area (Å²) in [4.78, 5) is 24.2. The number of carbonyl (C=O) groups excluding carboxylic acids is 2. The first-order valence-electron chi connectivity index (χ1n) is 6.70. The third-order valence-corrected chi connectivity index (χ3v) is 3.15. The van der Waals surface area contributed by atoms with Gasteiger partial charge in [-0.05, 0) is 43.3 Å². The van der Waals surface area contributed by atoms with Gasteiger partial charge in [0, 0.05) is 5.56 Å². The van der Waals surface area contributed by atoms with Crippen molar-refractivity contribution in [1.29, 1.82) is 0 Å². The second-order valence-electron chi connectivity index (χ2n) is 4.66. The zero-order valence-corrected chi connectivity index (χ0v) is 12.3. The fourth-order valence-electron chi connectivity index (χ4n) is 1.91. The van der Waals surface area contributed by atoms with Crippen molar-refractivity contribution in [3.8, 4) is 11.5 Å². The molecule has 0 aliphatic heterocycles. The van der Waals surface area contributed by atoms with Crippen molar-refractivity contribution in [2.24, 2.45) is 0 Å². The minimum atomic E-state index is -0.958. The first kappa shape index (κ1) is 15.6.